The highest BCUT2D eigenvalue weighted by atomic mass is 16.5. The molecule has 1 unspecified atom stereocenters. The zero-order valence-electron chi connectivity index (χ0n) is 12.5. The largest absolute Gasteiger partial charge is 0.481 e. The van der Waals surface area contributed by atoms with Crippen molar-refractivity contribution in [3.63, 3.8) is 0 Å². The summed E-state index contributed by atoms with van der Waals surface area (Å²) in [7, 11) is 0. The average Bonchev–Trinajstić information content (AvgIpc) is 3.09. The summed E-state index contributed by atoms with van der Waals surface area (Å²) in [4.78, 5) is 23.5. The summed E-state index contributed by atoms with van der Waals surface area (Å²) in [5.41, 5.74) is 0.235. The summed E-state index contributed by atoms with van der Waals surface area (Å²) in [5, 5.41) is 12.3. The van der Waals surface area contributed by atoms with Gasteiger partial charge in [0, 0.05) is 25.2 Å². The SMILES string of the molecule is O=C(O)[C@@H]1CC[C@H](C(=O)NC2CCCC23CCOCC3)C1. The first kappa shape index (κ1) is 14.8. The van der Waals surface area contributed by atoms with Crippen LogP contribution in [0.1, 0.15) is 51.4 Å². The number of nitrogens with one attached hydrogen (secondary N) is 1. The van der Waals surface area contributed by atoms with Crippen LogP contribution in [0, 0.1) is 17.3 Å². The third-order valence-corrected chi connectivity index (χ3v) is 5.86. The van der Waals surface area contributed by atoms with Gasteiger partial charge in [0.2, 0.25) is 5.91 Å². The maximum atomic E-state index is 12.5. The topological polar surface area (TPSA) is 75.6 Å². The molecule has 1 saturated heterocycles. The Kier molecular flexibility index (Phi) is 4.20. The molecule has 3 aliphatic rings. The van der Waals surface area contributed by atoms with Gasteiger partial charge in [-0.3, -0.25) is 9.59 Å². The molecule has 3 fully saturated rings. The summed E-state index contributed by atoms with van der Waals surface area (Å²) in [6, 6.07) is 0.262. The molecule has 1 amide bonds. The third-order valence-electron chi connectivity index (χ3n) is 5.86. The zero-order chi connectivity index (χ0) is 14.9. The van der Waals surface area contributed by atoms with Crippen LogP contribution in [0.2, 0.25) is 0 Å². The number of ether oxygens (including phenoxy) is 1. The lowest BCUT2D eigenvalue weighted by Crippen LogP contribution is -2.48. The van der Waals surface area contributed by atoms with E-state index in [1.54, 1.807) is 0 Å². The van der Waals surface area contributed by atoms with Crippen molar-refractivity contribution in [2.75, 3.05) is 13.2 Å². The predicted octanol–water partition coefficient (Wildman–Crippen LogP) is 1.95. The van der Waals surface area contributed by atoms with Crippen molar-refractivity contribution < 1.29 is 19.4 Å². The van der Waals surface area contributed by atoms with Crippen LogP contribution in [0.25, 0.3) is 0 Å². The van der Waals surface area contributed by atoms with E-state index in [2.05, 4.69) is 5.32 Å². The minimum absolute atomic E-state index is 0.0801. The van der Waals surface area contributed by atoms with E-state index in [1.165, 1.54) is 12.8 Å². The summed E-state index contributed by atoms with van der Waals surface area (Å²) >= 11 is 0. The fraction of sp³-hybridized carbons (Fsp3) is 0.875. The number of carbonyl (C=O) groups is 2. The van der Waals surface area contributed by atoms with Crippen molar-refractivity contribution in [2.24, 2.45) is 17.3 Å². The summed E-state index contributed by atoms with van der Waals surface area (Å²) in [6.07, 6.45) is 7.35. The van der Waals surface area contributed by atoms with Crippen molar-refractivity contribution in [1.82, 2.24) is 5.32 Å². The molecule has 118 valence electrons. The summed E-state index contributed by atoms with van der Waals surface area (Å²) in [5.74, 6) is -1.12. The molecule has 0 aromatic carbocycles. The first-order valence-corrected chi connectivity index (χ1v) is 8.22. The van der Waals surface area contributed by atoms with Crippen LogP contribution in [0.15, 0.2) is 0 Å². The van der Waals surface area contributed by atoms with E-state index in [0.29, 0.717) is 19.3 Å². The van der Waals surface area contributed by atoms with Gasteiger partial charge in [0.15, 0.2) is 0 Å². The molecule has 1 aliphatic heterocycles. The van der Waals surface area contributed by atoms with Crippen LogP contribution in [0.3, 0.4) is 0 Å². The Morgan fingerprint density at radius 2 is 1.76 bits per heavy atom. The molecule has 1 heterocycles. The second-order valence-electron chi connectivity index (χ2n) is 6.97. The maximum absolute atomic E-state index is 12.5. The monoisotopic (exact) mass is 295 g/mol. The Hall–Kier alpha value is -1.10. The van der Waals surface area contributed by atoms with E-state index in [4.69, 9.17) is 9.84 Å². The van der Waals surface area contributed by atoms with E-state index < -0.39 is 5.97 Å². The van der Waals surface area contributed by atoms with Gasteiger partial charge in [-0.1, -0.05) is 6.42 Å². The molecule has 1 spiro atoms. The molecule has 2 aliphatic carbocycles. The second-order valence-corrected chi connectivity index (χ2v) is 6.97. The van der Waals surface area contributed by atoms with Gasteiger partial charge in [-0.2, -0.15) is 0 Å². The Morgan fingerprint density at radius 3 is 2.43 bits per heavy atom. The highest BCUT2D eigenvalue weighted by Crippen LogP contribution is 2.46. The number of rotatable bonds is 3. The molecular formula is C16H25NO4. The standard InChI is InChI=1S/C16H25NO4/c18-14(11-3-4-12(10-11)15(19)20)17-13-2-1-5-16(13)6-8-21-9-7-16/h11-13H,1-10H2,(H,17,18)(H,19,20)/t11-,12+,13?/m0/s1. The van der Waals surface area contributed by atoms with E-state index in [0.717, 1.165) is 32.5 Å². The van der Waals surface area contributed by atoms with Crippen LogP contribution < -0.4 is 5.32 Å². The van der Waals surface area contributed by atoms with Crippen LogP contribution in [-0.4, -0.2) is 36.2 Å². The molecule has 2 saturated carbocycles. The fourth-order valence-electron chi connectivity index (χ4n) is 4.47. The normalized spacial score (nSPS) is 35.0. The molecule has 5 nitrogen and oxygen atoms in total. The maximum Gasteiger partial charge on any atom is 0.306 e. The molecule has 5 heteroatoms. The van der Waals surface area contributed by atoms with Crippen molar-refractivity contribution in [2.45, 2.75) is 57.4 Å². The van der Waals surface area contributed by atoms with E-state index in [-0.39, 0.29) is 29.2 Å². The number of carboxylic acids is 1. The minimum atomic E-state index is -0.757. The van der Waals surface area contributed by atoms with Gasteiger partial charge >= 0.3 is 5.97 Å². The van der Waals surface area contributed by atoms with Crippen molar-refractivity contribution >= 4 is 11.9 Å². The van der Waals surface area contributed by atoms with Crippen LogP contribution in [-0.2, 0) is 14.3 Å². The third kappa shape index (κ3) is 2.93. The molecule has 3 atom stereocenters. The lowest BCUT2D eigenvalue weighted by Gasteiger charge is -2.39. The lowest BCUT2D eigenvalue weighted by atomic mass is 9.75. The molecule has 0 aromatic rings. The smallest absolute Gasteiger partial charge is 0.306 e. The Labute approximate surface area is 125 Å². The molecule has 21 heavy (non-hydrogen) atoms. The van der Waals surface area contributed by atoms with Crippen molar-refractivity contribution in [3.8, 4) is 0 Å². The van der Waals surface area contributed by atoms with E-state index in [9.17, 15) is 9.59 Å². The van der Waals surface area contributed by atoms with Gasteiger partial charge in [-0.05, 0) is 50.4 Å². The van der Waals surface area contributed by atoms with Gasteiger partial charge in [-0.25, -0.2) is 0 Å². The Bertz CT molecular complexity index is 417. The molecule has 2 N–H and O–H groups in total. The number of carboxylic acid groups (broad SMARTS) is 1. The predicted molar refractivity (Wildman–Crippen MR) is 76.7 cm³/mol. The zero-order valence-corrected chi connectivity index (χ0v) is 12.5. The van der Waals surface area contributed by atoms with Gasteiger partial charge in [0.25, 0.3) is 0 Å². The van der Waals surface area contributed by atoms with Crippen LogP contribution in [0.5, 0.6) is 0 Å². The van der Waals surface area contributed by atoms with Gasteiger partial charge < -0.3 is 15.2 Å². The minimum Gasteiger partial charge on any atom is -0.481 e. The molecular weight excluding hydrogens is 270 g/mol. The number of carbonyl (C=O) groups excluding carboxylic acids is 1. The number of amides is 1. The molecule has 0 bridgehead atoms. The van der Waals surface area contributed by atoms with Crippen molar-refractivity contribution in [3.05, 3.63) is 0 Å². The molecule has 3 rings (SSSR count). The van der Waals surface area contributed by atoms with Gasteiger partial charge in [0.05, 0.1) is 5.92 Å². The summed E-state index contributed by atoms with van der Waals surface area (Å²) in [6.45, 7) is 1.60. The first-order valence-electron chi connectivity index (χ1n) is 8.22. The number of hydrogen-bond acceptors (Lipinski definition) is 3. The highest BCUT2D eigenvalue weighted by Gasteiger charge is 2.45. The van der Waals surface area contributed by atoms with Crippen LogP contribution >= 0.6 is 0 Å². The Balaban J connectivity index is 1.58. The number of aliphatic carboxylic acids is 1. The second kappa shape index (κ2) is 5.95. The summed E-state index contributed by atoms with van der Waals surface area (Å²) < 4.78 is 5.47. The van der Waals surface area contributed by atoms with Gasteiger partial charge in [0.1, 0.15) is 0 Å². The van der Waals surface area contributed by atoms with Gasteiger partial charge in [-0.15, -0.1) is 0 Å². The average molecular weight is 295 g/mol. The molecule has 0 aromatic heterocycles. The highest BCUT2D eigenvalue weighted by molar-refractivity contribution is 5.81. The van der Waals surface area contributed by atoms with E-state index >= 15 is 0 Å². The Morgan fingerprint density at radius 1 is 1.05 bits per heavy atom. The van der Waals surface area contributed by atoms with Crippen molar-refractivity contribution in [1.29, 1.82) is 0 Å². The van der Waals surface area contributed by atoms with Crippen LogP contribution in [0.4, 0.5) is 0 Å². The quantitative estimate of drug-likeness (QED) is 0.834. The fourth-order valence-corrected chi connectivity index (χ4v) is 4.47. The van der Waals surface area contributed by atoms with E-state index in [1.807, 2.05) is 0 Å². The molecule has 0 radical (unpaired) electrons. The first-order chi connectivity index (χ1) is 10.1. The number of hydrogen-bond donors (Lipinski definition) is 2. The lowest BCUT2D eigenvalue weighted by molar-refractivity contribution is -0.141.